The normalized spacial score (nSPS) is 23.8. The van der Waals surface area contributed by atoms with Crippen molar-refractivity contribution in [2.75, 3.05) is 5.75 Å². The van der Waals surface area contributed by atoms with Crippen molar-refractivity contribution in [3.8, 4) is 0 Å². The summed E-state index contributed by atoms with van der Waals surface area (Å²) in [5, 5.41) is 0.763. The molecule has 0 aliphatic carbocycles. The third-order valence-corrected chi connectivity index (χ3v) is 2.33. The van der Waals surface area contributed by atoms with Crippen LogP contribution in [0.5, 0.6) is 0 Å². The molecule has 2 heteroatoms. The van der Waals surface area contributed by atoms with E-state index in [2.05, 4.69) is 11.1 Å². The van der Waals surface area contributed by atoms with E-state index in [-0.39, 0.29) is 0 Å². The summed E-state index contributed by atoms with van der Waals surface area (Å²) in [6.07, 6.45) is 3.77. The smallest absolute Gasteiger partial charge is 0.0403 e. The first-order valence-corrected chi connectivity index (χ1v) is 4.03. The topological polar surface area (TPSA) is 12.9 Å². The summed E-state index contributed by atoms with van der Waals surface area (Å²) in [5.74, 6) is 1.28. The summed E-state index contributed by atoms with van der Waals surface area (Å²) in [7, 11) is 0. The number of nitrogens with zero attached hydrogens (tertiary/aromatic N) is 1. The van der Waals surface area contributed by atoms with Gasteiger partial charge in [0.15, 0.2) is 0 Å². The molecule has 1 aliphatic heterocycles. The number of hydrogen-bond acceptors (Lipinski definition) is 2. The van der Waals surface area contributed by atoms with Gasteiger partial charge in [-0.05, 0) is 11.6 Å². The quantitative estimate of drug-likeness (QED) is 0.548. The molecule has 1 nitrogen and oxygen atoms in total. The molecule has 0 spiro atoms. The van der Waals surface area contributed by atoms with Crippen LogP contribution in [0.3, 0.4) is 0 Å². The minimum absolute atomic E-state index is 0.763. The van der Waals surface area contributed by atoms with Crippen molar-refractivity contribution in [2.24, 2.45) is 0 Å². The summed E-state index contributed by atoms with van der Waals surface area (Å²) < 4.78 is 0. The molecule has 1 saturated heterocycles. The Hall–Kier alpha value is -0.500. The molecular weight excluding hydrogens is 130 g/mol. The van der Waals surface area contributed by atoms with E-state index in [1.165, 1.54) is 11.3 Å². The summed E-state index contributed by atoms with van der Waals surface area (Å²) in [5.41, 5.74) is 1.38. The fraction of sp³-hybridized carbons (Fsp3) is 0.286. The van der Waals surface area contributed by atoms with E-state index in [0.29, 0.717) is 0 Å². The predicted octanol–water partition coefficient (Wildman–Crippen LogP) is 1.87. The van der Waals surface area contributed by atoms with E-state index in [9.17, 15) is 0 Å². The van der Waals surface area contributed by atoms with Gasteiger partial charge in [-0.1, -0.05) is 6.07 Å². The third kappa shape index (κ3) is 1.08. The molecule has 0 N–H and O–H groups in total. The van der Waals surface area contributed by atoms with Crippen LogP contribution < -0.4 is 0 Å². The van der Waals surface area contributed by atoms with Crippen LogP contribution in [0.1, 0.15) is 10.8 Å². The van der Waals surface area contributed by atoms with Crippen molar-refractivity contribution in [1.82, 2.24) is 4.98 Å². The molecule has 1 atom stereocenters. The number of aromatic nitrogens is 1. The van der Waals surface area contributed by atoms with Gasteiger partial charge >= 0.3 is 0 Å². The Morgan fingerprint density at radius 3 is 3.11 bits per heavy atom. The molecule has 0 radical (unpaired) electrons. The SMILES string of the molecule is c1cncc(C2CS2)c1. The third-order valence-electron chi connectivity index (χ3n) is 1.39. The summed E-state index contributed by atoms with van der Waals surface area (Å²) in [6.45, 7) is 0. The highest BCUT2D eigenvalue weighted by atomic mass is 32.2. The molecule has 1 aromatic rings. The lowest BCUT2D eigenvalue weighted by Gasteiger charge is -1.90. The maximum Gasteiger partial charge on any atom is 0.0403 e. The maximum absolute atomic E-state index is 4.03. The van der Waals surface area contributed by atoms with Gasteiger partial charge in [-0.15, -0.1) is 0 Å². The second-order valence-corrected chi connectivity index (χ2v) is 3.34. The summed E-state index contributed by atoms with van der Waals surface area (Å²) in [6, 6.07) is 4.13. The molecule has 2 heterocycles. The van der Waals surface area contributed by atoms with Gasteiger partial charge in [0.25, 0.3) is 0 Å². The average Bonchev–Trinajstić information content (AvgIpc) is 2.71. The lowest BCUT2D eigenvalue weighted by molar-refractivity contribution is 1.17. The molecule has 9 heavy (non-hydrogen) atoms. The van der Waals surface area contributed by atoms with Gasteiger partial charge in [-0.2, -0.15) is 11.8 Å². The molecule has 1 aliphatic rings. The van der Waals surface area contributed by atoms with Gasteiger partial charge in [0.05, 0.1) is 0 Å². The molecular formula is C7H7NS. The van der Waals surface area contributed by atoms with Crippen LogP contribution in [-0.4, -0.2) is 10.7 Å². The van der Waals surface area contributed by atoms with E-state index >= 15 is 0 Å². The lowest BCUT2D eigenvalue weighted by Crippen LogP contribution is -1.78. The maximum atomic E-state index is 4.03. The summed E-state index contributed by atoms with van der Waals surface area (Å²) in [4.78, 5) is 4.03. The fourth-order valence-corrected chi connectivity index (χ4v) is 1.43. The van der Waals surface area contributed by atoms with Crippen LogP contribution >= 0.6 is 11.8 Å². The molecule has 0 amide bonds. The van der Waals surface area contributed by atoms with Crippen LogP contribution in [0.4, 0.5) is 0 Å². The van der Waals surface area contributed by atoms with Crippen molar-refractivity contribution in [3.63, 3.8) is 0 Å². The molecule has 1 aromatic heterocycles. The highest BCUT2D eigenvalue weighted by Gasteiger charge is 2.23. The van der Waals surface area contributed by atoms with Crippen molar-refractivity contribution in [1.29, 1.82) is 0 Å². The second-order valence-electron chi connectivity index (χ2n) is 2.11. The van der Waals surface area contributed by atoms with Crippen LogP contribution in [0.15, 0.2) is 24.5 Å². The van der Waals surface area contributed by atoms with Crippen LogP contribution in [0.25, 0.3) is 0 Å². The zero-order valence-electron chi connectivity index (χ0n) is 4.95. The second kappa shape index (κ2) is 2.03. The van der Waals surface area contributed by atoms with Gasteiger partial charge in [0.2, 0.25) is 0 Å². The molecule has 0 saturated carbocycles. The van der Waals surface area contributed by atoms with Crippen molar-refractivity contribution < 1.29 is 0 Å². The first-order valence-electron chi connectivity index (χ1n) is 2.98. The number of rotatable bonds is 1. The molecule has 0 aromatic carbocycles. The standard InChI is InChI=1S/C7H7NS/c1-2-6(4-8-3-1)7-5-9-7/h1-4,7H,5H2. The van der Waals surface area contributed by atoms with Crippen LogP contribution in [0, 0.1) is 0 Å². The molecule has 1 unspecified atom stereocenters. The first-order chi connectivity index (χ1) is 4.47. The Bertz CT molecular complexity index is 193. The van der Waals surface area contributed by atoms with Gasteiger partial charge < -0.3 is 0 Å². The van der Waals surface area contributed by atoms with Gasteiger partial charge in [0, 0.05) is 23.4 Å². The number of pyridine rings is 1. The van der Waals surface area contributed by atoms with Gasteiger partial charge in [-0.25, -0.2) is 0 Å². The highest BCUT2D eigenvalue weighted by molar-refractivity contribution is 8.06. The first kappa shape index (κ1) is 5.30. The van der Waals surface area contributed by atoms with E-state index in [1.807, 2.05) is 30.2 Å². The molecule has 1 fully saturated rings. The van der Waals surface area contributed by atoms with Crippen molar-refractivity contribution in [2.45, 2.75) is 5.25 Å². The van der Waals surface area contributed by atoms with Gasteiger partial charge in [0.1, 0.15) is 0 Å². The van der Waals surface area contributed by atoms with Crippen LogP contribution in [-0.2, 0) is 0 Å². The minimum atomic E-state index is 0.763. The van der Waals surface area contributed by atoms with E-state index in [1.54, 1.807) is 0 Å². The molecule has 2 rings (SSSR count). The lowest BCUT2D eigenvalue weighted by atomic mass is 10.2. The number of thioether (sulfide) groups is 1. The Balaban J connectivity index is 2.29. The highest BCUT2D eigenvalue weighted by Crippen LogP contribution is 2.45. The fourth-order valence-electron chi connectivity index (χ4n) is 0.807. The Morgan fingerprint density at radius 1 is 1.67 bits per heavy atom. The van der Waals surface area contributed by atoms with E-state index in [0.717, 1.165) is 5.25 Å². The largest absolute Gasteiger partial charge is 0.264 e. The Morgan fingerprint density at radius 2 is 2.56 bits per heavy atom. The van der Waals surface area contributed by atoms with E-state index < -0.39 is 0 Å². The minimum Gasteiger partial charge on any atom is -0.264 e. The van der Waals surface area contributed by atoms with Gasteiger partial charge in [-0.3, -0.25) is 4.98 Å². The number of hydrogen-bond donors (Lipinski definition) is 0. The zero-order valence-corrected chi connectivity index (χ0v) is 5.77. The zero-order chi connectivity index (χ0) is 6.10. The van der Waals surface area contributed by atoms with Crippen molar-refractivity contribution in [3.05, 3.63) is 30.1 Å². The predicted molar refractivity (Wildman–Crippen MR) is 39.4 cm³/mol. The average molecular weight is 137 g/mol. The van der Waals surface area contributed by atoms with Crippen molar-refractivity contribution >= 4 is 11.8 Å². The van der Waals surface area contributed by atoms with Crippen LogP contribution in [0.2, 0.25) is 0 Å². The Kier molecular flexibility index (Phi) is 1.19. The summed E-state index contributed by atoms with van der Waals surface area (Å²) >= 11 is 1.98. The van der Waals surface area contributed by atoms with E-state index in [4.69, 9.17) is 0 Å². The molecule has 46 valence electrons. The monoisotopic (exact) mass is 137 g/mol. The Labute approximate surface area is 58.5 Å². The molecule has 0 bridgehead atoms.